The van der Waals surface area contributed by atoms with E-state index in [1.165, 1.54) is 0 Å². The zero-order valence-corrected chi connectivity index (χ0v) is 10.8. The third-order valence-corrected chi connectivity index (χ3v) is 2.97. The van der Waals surface area contributed by atoms with E-state index in [0.29, 0.717) is 5.75 Å². The molecule has 0 unspecified atom stereocenters. The van der Waals surface area contributed by atoms with E-state index in [-0.39, 0.29) is 13.2 Å². The van der Waals surface area contributed by atoms with Gasteiger partial charge in [-0.2, -0.15) is 8.42 Å². The lowest BCUT2D eigenvalue weighted by Gasteiger charge is -2.07. The number of hydrogen-bond donors (Lipinski definition) is 0. The van der Waals surface area contributed by atoms with Crippen LogP contribution in [0, 0.1) is 0 Å². The molecule has 2 aromatic rings. The molecule has 0 amide bonds. The van der Waals surface area contributed by atoms with Gasteiger partial charge in [-0.3, -0.25) is 4.18 Å². The topological polar surface area (TPSA) is 52.6 Å². The van der Waals surface area contributed by atoms with Crippen LogP contribution in [0.4, 0.5) is 0 Å². The van der Waals surface area contributed by atoms with Crippen molar-refractivity contribution < 1.29 is 17.3 Å². The smallest absolute Gasteiger partial charge is 0.264 e. The van der Waals surface area contributed by atoms with E-state index in [1.54, 1.807) is 0 Å². The Hall–Kier alpha value is -1.59. The summed E-state index contributed by atoms with van der Waals surface area (Å²) >= 11 is 0. The fourth-order valence-electron chi connectivity index (χ4n) is 1.60. The summed E-state index contributed by atoms with van der Waals surface area (Å²) in [7, 11) is -3.39. The van der Waals surface area contributed by atoms with Gasteiger partial charge in [0.05, 0.1) is 6.26 Å². The highest BCUT2D eigenvalue weighted by molar-refractivity contribution is 7.85. The van der Waals surface area contributed by atoms with Gasteiger partial charge in [-0.05, 0) is 22.9 Å². The van der Waals surface area contributed by atoms with Crippen molar-refractivity contribution in [1.29, 1.82) is 0 Å². The standard InChI is InChI=1S/C13H14O4S/c1-18(14,15)17-9-8-16-13-7-6-11-4-2-3-5-12(11)10-13/h2-7,10H,8-9H2,1H3. The van der Waals surface area contributed by atoms with E-state index in [4.69, 9.17) is 4.74 Å². The Morgan fingerprint density at radius 2 is 1.72 bits per heavy atom. The second-order valence-electron chi connectivity index (χ2n) is 3.88. The summed E-state index contributed by atoms with van der Waals surface area (Å²) in [4.78, 5) is 0. The van der Waals surface area contributed by atoms with Crippen molar-refractivity contribution in [3.05, 3.63) is 42.5 Å². The summed E-state index contributed by atoms with van der Waals surface area (Å²) in [6, 6.07) is 13.7. The lowest BCUT2D eigenvalue weighted by Crippen LogP contribution is -2.11. The molecule has 0 atom stereocenters. The minimum absolute atomic E-state index is 0.0195. The largest absolute Gasteiger partial charge is 0.491 e. The SMILES string of the molecule is CS(=O)(=O)OCCOc1ccc2ccccc2c1. The Balaban J connectivity index is 1.96. The Kier molecular flexibility index (Phi) is 3.84. The third kappa shape index (κ3) is 3.72. The van der Waals surface area contributed by atoms with Crippen LogP contribution in [-0.4, -0.2) is 27.9 Å². The maximum atomic E-state index is 10.7. The van der Waals surface area contributed by atoms with E-state index in [2.05, 4.69) is 4.18 Å². The van der Waals surface area contributed by atoms with E-state index in [0.717, 1.165) is 17.0 Å². The normalized spacial score (nSPS) is 11.6. The van der Waals surface area contributed by atoms with Crippen molar-refractivity contribution >= 4 is 20.9 Å². The van der Waals surface area contributed by atoms with Crippen LogP contribution in [0.5, 0.6) is 5.75 Å². The molecule has 0 heterocycles. The summed E-state index contributed by atoms with van der Waals surface area (Å²) in [6.45, 7) is 0.219. The number of rotatable bonds is 5. The quantitative estimate of drug-likeness (QED) is 0.615. The van der Waals surface area contributed by atoms with Crippen LogP contribution in [0.3, 0.4) is 0 Å². The first-order valence-corrected chi connectivity index (χ1v) is 7.32. The first-order valence-electron chi connectivity index (χ1n) is 5.51. The van der Waals surface area contributed by atoms with Crippen LogP contribution in [0.1, 0.15) is 0 Å². The molecule has 0 saturated heterocycles. The average Bonchev–Trinajstić information content (AvgIpc) is 2.33. The van der Waals surface area contributed by atoms with Gasteiger partial charge < -0.3 is 4.74 Å². The van der Waals surface area contributed by atoms with E-state index >= 15 is 0 Å². The van der Waals surface area contributed by atoms with E-state index in [1.807, 2.05) is 42.5 Å². The van der Waals surface area contributed by atoms with Gasteiger partial charge in [0.15, 0.2) is 0 Å². The highest BCUT2D eigenvalue weighted by Crippen LogP contribution is 2.20. The number of benzene rings is 2. The van der Waals surface area contributed by atoms with E-state index < -0.39 is 10.1 Å². The molecule has 0 radical (unpaired) electrons. The maximum Gasteiger partial charge on any atom is 0.264 e. The van der Waals surface area contributed by atoms with Gasteiger partial charge in [-0.15, -0.1) is 0 Å². The predicted octanol–water partition coefficient (Wildman–Crippen LogP) is 2.19. The van der Waals surface area contributed by atoms with Crippen LogP contribution in [0.25, 0.3) is 10.8 Å². The van der Waals surface area contributed by atoms with Crippen LogP contribution >= 0.6 is 0 Å². The molecule has 0 bridgehead atoms. The van der Waals surface area contributed by atoms with Crippen LogP contribution in [-0.2, 0) is 14.3 Å². The van der Waals surface area contributed by atoms with Crippen LogP contribution in [0.15, 0.2) is 42.5 Å². The molecule has 2 rings (SSSR count). The molecule has 96 valence electrons. The molecule has 5 heteroatoms. The van der Waals surface area contributed by atoms with Crippen molar-refractivity contribution in [3.63, 3.8) is 0 Å². The highest BCUT2D eigenvalue weighted by atomic mass is 32.2. The van der Waals surface area contributed by atoms with Crippen molar-refractivity contribution in [3.8, 4) is 5.75 Å². The van der Waals surface area contributed by atoms with Crippen molar-refractivity contribution in [2.45, 2.75) is 0 Å². The van der Waals surface area contributed by atoms with Crippen molar-refractivity contribution in [2.24, 2.45) is 0 Å². The summed E-state index contributed by atoms with van der Waals surface area (Å²) in [6.07, 6.45) is 1.02. The van der Waals surface area contributed by atoms with Gasteiger partial charge in [-0.25, -0.2) is 0 Å². The lowest BCUT2D eigenvalue weighted by atomic mass is 10.1. The predicted molar refractivity (Wildman–Crippen MR) is 70.2 cm³/mol. The fraction of sp³-hybridized carbons (Fsp3) is 0.231. The summed E-state index contributed by atoms with van der Waals surface area (Å²) in [5.41, 5.74) is 0. The Bertz CT molecular complexity index is 634. The number of hydrogen-bond acceptors (Lipinski definition) is 4. The van der Waals surface area contributed by atoms with Gasteiger partial charge >= 0.3 is 0 Å². The molecule has 0 N–H and O–H groups in total. The molecule has 4 nitrogen and oxygen atoms in total. The molecule has 0 aliphatic heterocycles. The second-order valence-corrected chi connectivity index (χ2v) is 5.53. The third-order valence-electron chi connectivity index (χ3n) is 2.37. The molecule has 2 aromatic carbocycles. The maximum absolute atomic E-state index is 10.7. The lowest BCUT2D eigenvalue weighted by molar-refractivity contribution is 0.222. The summed E-state index contributed by atoms with van der Waals surface area (Å²) in [5, 5.41) is 2.22. The first-order chi connectivity index (χ1) is 8.54. The van der Waals surface area contributed by atoms with Crippen molar-refractivity contribution in [2.75, 3.05) is 19.5 Å². The summed E-state index contributed by atoms with van der Waals surface area (Å²) in [5.74, 6) is 0.700. The molecule has 18 heavy (non-hydrogen) atoms. The minimum atomic E-state index is -3.39. The van der Waals surface area contributed by atoms with Gasteiger partial charge in [0.25, 0.3) is 10.1 Å². The summed E-state index contributed by atoms with van der Waals surface area (Å²) < 4.78 is 31.5. The molecule has 0 saturated carbocycles. The van der Waals surface area contributed by atoms with Crippen molar-refractivity contribution in [1.82, 2.24) is 0 Å². The first kappa shape index (κ1) is 12.9. The fourth-order valence-corrected chi connectivity index (χ4v) is 1.97. The average molecular weight is 266 g/mol. The second kappa shape index (κ2) is 5.37. The van der Waals surface area contributed by atoms with Gasteiger partial charge in [0.1, 0.15) is 19.0 Å². The number of fused-ring (bicyclic) bond motifs is 1. The number of ether oxygens (including phenoxy) is 1. The Labute approximate surface area is 106 Å². The van der Waals surface area contributed by atoms with Gasteiger partial charge in [0.2, 0.25) is 0 Å². The van der Waals surface area contributed by atoms with Gasteiger partial charge in [-0.1, -0.05) is 30.3 Å². The zero-order chi connectivity index (χ0) is 13.0. The van der Waals surface area contributed by atoms with Crippen LogP contribution < -0.4 is 4.74 Å². The Morgan fingerprint density at radius 1 is 1.00 bits per heavy atom. The highest BCUT2D eigenvalue weighted by Gasteiger charge is 2.01. The molecule has 0 aromatic heterocycles. The molecule has 0 fully saturated rings. The van der Waals surface area contributed by atoms with Crippen LogP contribution in [0.2, 0.25) is 0 Å². The van der Waals surface area contributed by atoms with E-state index in [9.17, 15) is 8.42 Å². The minimum Gasteiger partial charge on any atom is -0.491 e. The van der Waals surface area contributed by atoms with Gasteiger partial charge in [0, 0.05) is 0 Å². The molecule has 0 aliphatic rings. The Morgan fingerprint density at radius 3 is 2.44 bits per heavy atom. The molecule has 0 aliphatic carbocycles. The molecular formula is C13H14O4S. The molecule has 0 spiro atoms. The monoisotopic (exact) mass is 266 g/mol. The zero-order valence-electron chi connectivity index (χ0n) is 10.00. The molecular weight excluding hydrogens is 252 g/mol.